The molecule has 0 amide bonds. The Morgan fingerprint density at radius 2 is 2.21 bits per heavy atom. The maximum absolute atomic E-state index is 9.84. The first-order valence-corrected chi connectivity index (χ1v) is 4.80. The van der Waals surface area contributed by atoms with Crippen LogP contribution in [0.1, 0.15) is 24.8 Å². The number of hydrogen-bond donors (Lipinski definition) is 2. The summed E-state index contributed by atoms with van der Waals surface area (Å²) in [6, 6.07) is 5.49. The van der Waals surface area contributed by atoms with Crippen molar-refractivity contribution in [3.63, 3.8) is 0 Å². The van der Waals surface area contributed by atoms with Gasteiger partial charge in [0.15, 0.2) is 11.5 Å². The highest BCUT2D eigenvalue weighted by molar-refractivity contribution is 5.47. The molecule has 1 atom stereocenters. The fraction of sp³-hybridized carbons (Fsp3) is 0.455. The lowest BCUT2D eigenvalue weighted by atomic mass is 9.95. The van der Waals surface area contributed by atoms with Crippen LogP contribution in [0.15, 0.2) is 18.2 Å². The molecule has 0 saturated carbocycles. The van der Waals surface area contributed by atoms with Crippen LogP contribution in [0.5, 0.6) is 11.5 Å². The van der Waals surface area contributed by atoms with E-state index < -0.39 is 0 Å². The number of hydrogen-bond acceptors (Lipinski definition) is 3. The Bertz CT molecular complexity index is 295. The topological polar surface area (TPSA) is 55.5 Å². The summed E-state index contributed by atoms with van der Waals surface area (Å²) in [5.41, 5.74) is 6.49. The number of nitrogens with two attached hydrogens (primary N) is 1. The lowest BCUT2D eigenvalue weighted by Gasteiger charge is -2.15. The largest absolute Gasteiger partial charge is 0.504 e. The van der Waals surface area contributed by atoms with E-state index in [1.165, 1.54) is 0 Å². The highest BCUT2D eigenvalue weighted by Gasteiger charge is 2.14. The van der Waals surface area contributed by atoms with E-state index in [-0.39, 0.29) is 11.7 Å². The number of aromatic hydroxyl groups is 1. The van der Waals surface area contributed by atoms with Gasteiger partial charge in [-0.15, -0.1) is 0 Å². The van der Waals surface area contributed by atoms with Crippen LogP contribution in [0.25, 0.3) is 0 Å². The van der Waals surface area contributed by atoms with Crippen LogP contribution >= 0.6 is 0 Å². The Labute approximate surface area is 84.5 Å². The van der Waals surface area contributed by atoms with E-state index in [2.05, 4.69) is 6.92 Å². The van der Waals surface area contributed by atoms with E-state index in [1.807, 2.05) is 12.1 Å². The molecular formula is C11H17NO2. The molecule has 0 aliphatic carbocycles. The normalized spacial score (nSPS) is 12.5. The van der Waals surface area contributed by atoms with Crippen LogP contribution in [-0.2, 0) is 0 Å². The highest BCUT2D eigenvalue weighted by atomic mass is 16.5. The van der Waals surface area contributed by atoms with Crippen LogP contribution in [0, 0.1) is 0 Å². The molecule has 0 fully saturated rings. The first-order valence-electron chi connectivity index (χ1n) is 4.80. The van der Waals surface area contributed by atoms with E-state index >= 15 is 0 Å². The monoisotopic (exact) mass is 195 g/mol. The second kappa shape index (κ2) is 4.86. The van der Waals surface area contributed by atoms with Gasteiger partial charge in [-0.05, 0) is 24.9 Å². The molecule has 0 radical (unpaired) electrons. The van der Waals surface area contributed by atoms with Gasteiger partial charge in [0, 0.05) is 5.56 Å². The van der Waals surface area contributed by atoms with Crippen molar-refractivity contribution in [3.8, 4) is 11.5 Å². The van der Waals surface area contributed by atoms with E-state index in [1.54, 1.807) is 13.2 Å². The standard InChI is InChI=1S/C11H17NO2/c1-3-8(7-12)9-5-4-6-10(14-2)11(9)13/h4-6,8,13H,3,7,12H2,1-2H3. The molecule has 3 nitrogen and oxygen atoms in total. The minimum absolute atomic E-state index is 0.199. The van der Waals surface area contributed by atoms with E-state index in [9.17, 15) is 5.11 Å². The number of ether oxygens (including phenoxy) is 1. The Hall–Kier alpha value is -1.22. The van der Waals surface area contributed by atoms with Crippen molar-refractivity contribution in [2.45, 2.75) is 19.3 Å². The molecule has 1 aromatic carbocycles. The van der Waals surface area contributed by atoms with Crippen LogP contribution in [0.4, 0.5) is 0 Å². The number of rotatable bonds is 4. The van der Waals surface area contributed by atoms with Gasteiger partial charge >= 0.3 is 0 Å². The van der Waals surface area contributed by atoms with E-state index in [0.29, 0.717) is 12.3 Å². The van der Waals surface area contributed by atoms with Crippen LogP contribution in [0.2, 0.25) is 0 Å². The van der Waals surface area contributed by atoms with Gasteiger partial charge in [-0.3, -0.25) is 0 Å². The van der Waals surface area contributed by atoms with Crippen molar-refractivity contribution in [3.05, 3.63) is 23.8 Å². The van der Waals surface area contributed by atoms with E-state index in [4.69, 9.17) is 10.5 Å². The fourth-order valence-electron chi connectivity index (χ4n) is 1.55. The summed E-state index contributed by atoms with van der Waals surface area (Å²) >= 11 is 0. The van der Waals surface area contributed by atoms with Gasteiger partial charge in [-0.1, -0.05) is 19.1 Å². The predicted octanol–water partition coefficient (Wildman–Crippen LogP) is 1.85. The molecule has 1 unspecified atom stereocenters. The summed E-state index contributed by atoms with van der Waals surface area (Å²) in [5.74, 6) is 0.923. The van der Waals surface area contributed by atoms with Crippen molar-refractivity contribution >= 4 is 0 Å². The predicted molar refractivity (Wildman–Crippen MR) is 56.7 cm³/mol. The Morgan fingerprint density at radius 3 is 2.71 bits per heavy atom. The fourth-order valence-corrected chi connectivity index (χ4v) is 1.55. The number of benzene rings is 1. The molecule has 0 spiro atoms. The van der Waals surface area contributed by atoms with Crippen molar-refractivity contribution < 1.29 is 9.84 Å². The summed E-state index contributed by atoms with van der Waals surface area (Å²) in [4.78, 5) is 0. The molecule has 1 aromatic rings. The van der Waals surface area contributed by atoms with Gasteiger partial charge in [-0.2, -0.15) is 0 Å². The quantitative estimate of drug-likeness (QED) is 0.771. The minimum Gasteiger partial charge on any atom is -0.504 e. The van der Waals surface area contributed by atoms with Crippen molar-refractivity contribution in [2.24, 2.45) is 5.73 Å². The van der Waals surface area contributed by atoms with Crippen LogP contribution in [-0.4, -0.2) is 18.8 Å². The molecule has 1 rings (SSSR count). The number of para-hydroxylation sites is 1. The number of phenolic OH excluding ortho intramolecular Hbond substituents is 1. The van der Waals surface area contributed by atoms with Gasteiger partial charge < -0.3 is 15.6 Å². The first-order chi connectivity index (χ1) is 6.74. The third kappa shape index (κ3) is 1.99. The zero-order valence-electron chi connectivity index (χ0n) is 8.66. The zero-order chi connectivity index (χ0) is 10.6. The smallest absolute Gasteiger partial charge is 0.161 e. The molecule has 0 aromatic heterocycles. The Kier molecular flexibility index (Phi) is 3.77. The summed E-state index contributed by atoms with van der Waals surface area (Å²) < 4.78 is 5.03. The average Bonchev–Trinajstić information content (AvgIpc) is 2.22. The Morgan fingerprint density at radius 1 is 1.50 bits per heavy atom. The molecule has 0 aliphatic rings. The summed E-state index contributed by atoms with van der Waals surface area (Å²) in [5, 5.41) is 9.84. The van der Waals surface area contributed by atoms with Gasteiger partial charge in [0.1, 0.15) is 0 Å². The molecule has 14 heavy (non-hydrogen) atoms. The number of phenols is 1. The first kappa shape index (κ1) is 10.9. The van der Waals surface area contributed by atoms with Gasteiger partial charge in [0.25, 0.3) is 0 Å². The maximum Gasteiger partial charge on any atom is 0.161 e. The van der Waals surface area contributed by atoms with Gasteiger partial charge in [-0.25, -0.2) is 0 Å². The highest BCUT2D eigenvalue weighted by Crippen LogP contribution is 2.34. The molecule has 78 valence electrons. The molecule has 3 heteroatoms. The second-order valence-corrected chi connectivity index (χ2v) is 3.24. The molecule has 0 heterocycles. The lowest BCUT2D eigenvalue weighted by Crippen LogP contribution is -2.11. The SMILES string of the molecule is CCC(CN)c1cccc(OC)c1O. The maximum atomic E-state index is 9.84. The minimum atomic E-state index is 0.199. The van der Waals surface area contributed by atoms with E-state index in [0.717, 1.165) is 12.0 Å². The summed E-state index contributed by atoms with van der Waals surface area (Å²) in [6.45, 7) is 2.59. The number of methoxy groups -OCH3 is 1. The third-order valence-electron chi connectivity index (χ3n) is 2.47. The van der Waals surface area contributed by atoms with Crippen LogP contribution in [0.3, 0.4) is 0 Å². The summed E-state index contributed by atoms with van der Waals surface area (Å²) in [7, 11) is 1.54. The van der Waals surface area contributed by atoms with Crippen LogP contribution < -0.4 is 10.5 Å². The Balaban J connectivity index is 3.07. The molecule has 0 saturated heterocycles. The zero-order valence-corrected chi connectivity index (χ0v) is 8.66. The second-order valence-electron chi connectivity index (χ2n) is 3.24. The van der Waals surface area contributed by atoms with Gasteiger partial charge in [0.2, 0.25) is 0 Å². The lowest BCUT2D eigenvalue weighted by molar-refractivity contribution is 0.368. The summed E-state index contributed by atoms with van der Waals surface area (Å²) in [6.07, 6.45) is 0.914. The average molecular weight is 195 g/mol. The molecule has 0 bridgehead atoms. The molecular weight excluding hydrogens is 178 g/mol. The molecule has 3 N–H and O–H groups in total. The third-order valence-corrected chi connectivity index (χ3v) is 2.47. The molecule has 0 aliphatic heterocycles. The van der Waals surface area contributed by atoms with Gasteiger partial charge in [0.05, 0.1) is 7.11 Å². The van der Waals surface area contributed by atoms with Crippen molar-refractivity contribution in [1.29, 1.82) is 0 Å². The van der Waals surface area contributed by atoms with Crippen molar-refractivity contribution in [2.75, 3.05) is 13.7 Å². The van der Waals surface area contributed by atoms with Crippen molar-refractivity contribution in [1.82, 2.24) is 0 Å².